The fourth-order valence-electron chi connectivity index (χ4n) is 1.73. The number of hydrogen-bond donors (Lipinski definition) is 2. The highest BCUT2D eigenvalue weighted by atomic mass is 32.2. The van der Waals surface area contributed by atoms with Crippen molar-refractivity contribution in [3.05, 3.63) is 18.0 Å². The first-order valence-electron chi connectivity index (χ1n) is 6.93. The van der Waals surface area contributed by atoms with Gasteiger partial charge in [-0.15, -0.1) is 0 Å². The minimum absolute atomic E-state index is 0.240. The predicted molar refractivity (Wildman–Crippen MR) is 80.7 cm³/mol. The molecule has 2 N–H and O–H groups in total. The van der Waals surface area contributed by atoms with E-state index in [-0.39, 0.29) is 11.4 Å². The third-order valence-electron chi connectivity index (χ3n) is 2.92. The van der Waals surface area contributed by atoms with Crippen LogP contribution in [0.4, 0.5) is 0 Å². The van der Waals surface area contributed by atoms with E-state index >= 15 is 0 Å². The molecule has 0 aliphatic rings. The molecular weight excluding hydrogens is 294 g/mol. The first-order chi connectivity index (χ1) is 10.0. The second-order valence-corrected chi connectivity index (χ2v) is 6.33. The van der Waals surface area contributed by atoms with E-state index in [4.69, 9.17) is 9.47 Å². The summed E-state index contributed by atoms with van der Waals surface area (Å²) in [6.45, 7) is 5.00. The van der Waals surface area contributed by atoms with E-state index in [1.165, 1.54) is 0 Å². The molecule has 0 aliphatic carbocycles. The van der Waals surface area contributed by atoms with Crippen molar-refractivity contribution < 1.29 is 17.9 Å². The van der Waals surface area contributed by atoms with Crippen molar-refractivity contribution in [2.75, 3.05) is 40.0 Å². The van der Waals surface area contributed by atoms with Gasteiger partial charge in [-0.3, -0.25) is 0 Å². The molecule has 0 bridgehead atoms. The van der Waals surface area contributed by atoms with Crippen molar-refractivity contribution in [3.8, 4) is 0 Å². The van der Waals surface area contributed by atoms with Gasteiger partial charge in [0.15, 0.2) is 0 Å². The van der Waals surface area contributed by atoms with Crippen molar-refractivity contribution >= 4 is 10.0 Å². The van der Waals surface area contributed by atoms with E-state index in [2.05, 4.69) is 10.0 Å². The Morgan fingerprint density at radius 2 is 2.05 bits per heavy atom. The number of hydrogen-bond acceptors (Lipinski definition) is 5. The molecular formula is C13H25N3O4S. The minimum atomic E-state index is -3.49. The van der Waals surface area contributed by atoms with Crippen molar-refractivity contribution in [1.82, 2.24) is 14.6 Å². The second-order valence-electron chi connectivity index (χ2n) is 4.56. The van der Waals surface area contributed by atoms with Crippen LogP contribution in [-0.4, -0.2) is 53.0 Å². The molecule has 0 fully saturated rings. The molecule has 1 aromatic heterocycles. The number of aryl methyl sites for hydroxylation is 1. The van der Waals surface area contributed by atoms with E-state index in [1.54, 1.807) is 19.4 Å². The van der Waals surface area contributed by atoms with Crippen LogP contribution in [0.3, 0.4) is 0 Å². The average Bonchev–Trinajstić information content (AvgIpc) is 2.82. The van der Waals surface area contributed by atoms with Crippen LogP contribution in [-0.2, 0) is 33.1 Å². The first-order valence-corrected chi connectivity index (χ1v) is 8.42. The van der Waals surface area contributed by atoms with E-state index in [9.17, 15) is 8.42 Å². The summed E-state index contributed by atoms with van der Waals surface area (Å²) in [5.41, 5.74) is 0.925. The zero-order valence-corrected chi connectivity index (χ0v) is 13.7. The summed E-state index contributed by atoms with van der Waals surface area (Å²) < 4.78 is 38.7. The molecule has 0 radical (unpaired) electrons. The number of ether oxygens (including phenoxy) is 2. The van der Waals surface area contributed by atoms with Gasteiger partial charge in [0.1, 0.15) is 0 Å². The summed E-state index contributed by atoms with van der Waals surface area (Å²) >= 11 is 0. The van der Waals surface area contributed by atoms with Crippen LogP contribution in [0.2, 0.25) is 0 Å². The van der Waals surface area contributed by atoms with Crippen molar-refractivity contribution in [3.63, 3.8) is 0 Å². The summed E-state index contributed by atoms with van der Waals surface area (Å²) in [5.74, 6) is 0. The maximum Gasteiger partial charge on any atom is 0.242 e. The zero-order chi connectivity index (χ0) is 15.7. The first kappa shape index (κ1) is 18.1. The molecule has 21 heavy (non-hydrogen) atoms. The van der Waals surface area contributed by atoms with Crippen LogP contribution >= 0.6 is 0 Å². The van der Waals surface area contributed by atoms with E-state index in [1.807, 2.05) is 18.5 Å². The van der Waals surface area contributed by atoms with E-state index < -0.39 is 10.0 Å². The summed E-state index contributed by atoms with van der Waals surface area (Å²) in [7, 11) is -0.0670. The molecule has 7 nitrogen and oxygen atoms in total. The second kappa shape index (κ2) is 9.16. The Morgan fingerprint density at radius 3 is 2.71 bits per heavy atom. The zero-order valence-electron chi connectivity index (χ0n) is 12.9. The molecule has 0 aromatic carbocycles. The van der Waals surface area contributed by atoms with Crippen LogP contribution < -0.4 is 10.0 Å². The number of nitrogens with zero attached hydrogens (tertiary/aromatic N) is 1. The van der Waals surface area contributed by atoms with Gasteiger partial charge in [0.25, 0.3) is 0 Å². The summed E-state index contributed by atoms with van der Waals surface area (Å²) in [4.78, 5) is 0.273. The lowest BCUT2D eigenvalue weighted by Gasteiger charge is -2.05. The number of rotatable bonds is 11. The predicted octanol–water partition coefficient (Wildman–Crippen LogP) is 0.0759. The van der Waals surface area contributed by atoms with Crippen LogP contribution in [0.15, 0.2) is 17.2 Å². The number of aromatic nitrogens is 1. The van der Waals surface area contributed by atoms with Gasteiger partial charge in [0.05, 0.1) is 24.7 Å². The Kier molecular flexibility index (Phi) is 7.91. The highest BCUT2D eigenvalue weighted by Crippen LogP contribution is 2.13. The molecule has 1 heterocycles. The molecule has 8 heteroatoms. The molecule has 0 unspecified atom stereocenters. The Labute approximate surface area is 126 Å². The van der Waals surface area contributed by atoms with Gasteiger partial charge in [0.2, 0.25) is 10.0 Å². The van der Waals surface area contributed by atoms with Crippen LogP contribution in [0, 0.1) is 0 Å². The van der Waals surface area contributed by atoms with E-state index in [0.717, 1.165) is 12.2 Å². The number of methoxy groups -OCH3 is 1. The number of sulfonamides is 1. The third kappa shape index (κ3) is 6.15. The Hall–Kier alpha value is -0.930. The van der Waals surface area contributed by atoms with Gasteiger partial charge in [-0.25, -0.2) is 13.1 Å². The number of nitrogens with one attached hydrogen (secondary N) is 2. The molecule has 0 aliphatic heterocycles. The Bertz CT molecular complexity index is 513. The van der Waals surface area contributed by atoms with Crippen molar-refractivity contribution in [2.24, 2.45) is 7.05 Å². The van der Waals surface area contributed by atoms with Crippen LogP contribution in [0.5, 0.6) is 0 Å². The van der Waals surface area contributed by atoms with Gasteiger partial charge < -0.3 is 19.4 Å². The lowest BCUT2D eigenvalue weighted by atomic mass is 10.4. The molecule has 0 saturated heterocycles. The Balaban J connectivity index is 2.50. The van der Waals surface area contributed by atoms with Gasteiger partial charge >= 0.3 is 0 Å². The van der Waals surface area contributed by atoms with Crippen molar-refractivity contribution in [1.29, 1.82) is 0 Å². The maximum atomic E-state index is 12.1. The fourth-order valence-corrected chi connectivity index (χ4v) is 2.84. The van der Waals surface area contributed by atoms with Crippen LogP contribution in [0.25, 0.3) is 0 Å². The minimum Gasteiger partial charge on any atom is -0.382 e. The van der Waals surface area contributed by atoms with Crippen molar-refractivity contribution in [2.45, 2.75) is 18.4 Å². The highest BCUT2D eigenvalue weighted by molar-refractivity contribution is 7.89. The van der Waals surface area contributed by atoms with Gasteiger partial charge in [-0.05, 0) is 12.6 Å². The lowest BCUT2D eigenvalue weighted by molar-refractivity contribution is 0.0736. The monoisotopic (exact) mass is 319 g/mol. The molecule has 1 aromatic rings. The normalized spacial score (nSPS) is 12.0. The summed E-state index contributed by atoms with van der Waals surface area (Å²) in [6, 6.07) is 1.68. The molecule has 122 valence electrons. The quantitative estimate of drug-likeness (QED) is 0.564. The standard InChI is InChI=1S/C13H25N3O4S/c1-4-14-10-12-9-13(11-16(12)2)21(17,18)15-5-6-20-8-7-19-3/h9,11,14-15H,4-8,10H2,1-3H3. The van der Waals surface area contributed by atoms with Gasteiger partial charge in [-0.1, -0.05) is 6.92 Å². The molecule has 0 saturated carbocycles. The fraction of sp³-hybridized carbons (Fsp3) is 0.692. The summed E-state index contributed by atoms with van der Waals surface area (Å²) in [6.07, 6.45) is 1.61. The third-order valence-corrected chi connectivity index (χ3v) is 4.35. The molecule has 0 amide bonds. The van der Waals surface area contributed by atoms with E-state index in [0.29, 0.717) is 26.4 Å². The average molecular weight is 319 g/mol. The topological polar surface area (TPSA) is 81.6 Å². The Morgan fingerprint density at radius 1 is 1.29 bits per heavy atom. The smallest absolute Gasteiger partial charge is 0.242 e. The largest absolute Gasteiger partial charge is 0.382 e. The van der Waals surface area contributed by atoms with Gasteiger partial charge in [-0.2, -0.15) is 0 Å². The SMILES string of the molecule is CCNCc1cc(S(=O)(=O)NCCOCCOC)cn1C. The summed E-state index contributed by atoms with van der Waals surface area (Å²) in [5, 5.41) is 3.17. The lowest BCUT2D eigenvalue weighted by Crippen LogP contribution is -2.27. The maximum absolute atomic E-state index is 12.1. The molecule has 0 spiro atoms. The van der Waals surface area contributed by atoms with Crippen LogP contribution in [0.1, 0.15) is 12.6 Å². The molecule has 0 atom stereocenters. The highest BCUT2D eigenvalue weighted by Gasteiger charge is 2.16. The van der Waals surface area contributed by atoms with Gasteiger partial charge in [0, 0.05) is 39.1 Å². The molecule has 1 rings (SSSR count).